The van der Waals surface area contributed by atoms with Crippen molar-refractivity contribution in [1.82, 2.24) is 24.3 Å². The van der Waals surface area contributed by atoms with Crippen LogP contribution in [-0.2, 0) is 19.3 Å². The molecule has 1 aromatic carbocycles. The van der Waals surface area contributed by atoms with Crippen LogP contribution in [0.25, 0.3) is 0 Å². The van der Waals surface area contributed by atoms with Gasteiger partial charge >= 0.3 is 5.82 Å². The van der Waals surface area contributed by atoms with Crippen LogP contribution in [0.15, 0.2) is 29.6 Å². The number of benzene rings is 1. The molecular formula is C15H14ClFN6O2S. The Labute approximate surface area is 157 Å². The first-order valence-corrected chi connectivity index (χ1v) is 8.85. The van der Waals surface area contributed by atoms with Gasteiger partial charge in [-0.2, -0.15) is 0 Å². The van der Waals surface area contributed by atoms with Crippen LogP contribution in [0, 0.1) is 22.9 Å². The monoisotopic (exact) mass is 396 g/mol. The number of imidazole rings is 1. The largest absolute Gasteiger partial charge is 0.358 e. The van der Waals surface area contributed by atoms with E-state index in [1.165, 1.54) is 28.6 Å². The summed E-state index contributed by atoms with van der Waals surface area (Å²) in [6, 6.07) is 4.53. The van der Waals surface area contributed by atoms with Crippen LogP contribution in [0.1, 0.15) is 17.2 Å². The van der Waals surface area contributed by atoms with Gasteiger partial charge in [0.15, 0.2) is 23.4 Å². The van der Waals surface area contributed by atoms with Gasteiger partial charge in [-0.25, -0.2) is 13.9 Å². The maximum absolute atomic E-state index is 13.9. The Morgan fingerprint density at radius 1 is 1.38 bits per heavy atom. The summed E-state index contributed by atoms with van der Waals surface area (Å²) >= 11 is 7.31. The van der Waals surface area contributed by atoms with Crippen molar-refractivity contribution >= 4 is 29.2 Å². The lowest BCUT2D eigenvalue weighted by molar-refractivity contribution is -0.392. The second-order valence-electron chi connectivity index (χ2n) is 5.45. The zero-order chi connectivity index (χ0) is 18.8. The van der Waals surface area contributed by atoms with E-state index in [4.69, 9.17) is 11.6 Å². The van der Waals surface area contributed by atoms with Gasteiger partial charge in [0, 0.05) is 30.3 Å². The average Bonchev–Trinajstić information content (AvgIpc) is 3.12. The number of thioether (sulfide) groups is 1. The molecule has 0 bridgehead atoms. The molecule has 0 N–H and O–H groups in total. The number of rotatable bonds is 6. The van der Waals surface area contributed by atoms with Crippen molar-refractivity contribution in [3.8, 4) is 0 Å². The number of aromatic nitrogens is 5. The topological polar surface area (TPSA) is 91.7 Å². The minimum absolute atomic E-state index is 0.113. The van der Waals surface area contributed by atoms with Crippen LogP contribution in [0.5, 0.6) is 0 Å². The third-order valence-electron chi connectivity index (χ3n) is 3.85. The zero-order valence-corrected chi connectivity index (χ0v) is 15.5. The fourth-order valence-electron chi connectivity index (χ4n) is 2.35. The minimum atomic E-state index is -0.494. The second-order valence-corrected chi connectivity index (χ2v) is 6.80. The van der Waals surface area contributed by atoms with E-state index in [-0.39, 0.29) is 18.2 Å². The number of nitrogens with zero attached hydrogens (tertiary/aromatic N) is 6. The predicted octanol–water partition coefficient (Wildman–Crippen LogP) is 3.36. The number of hydrogen-bond acceptors (Lipinski definition) is 6. The number of halogens is 2. The van der Waals surface area contributed by atoms with Crippen LogP contribution < -0.4 is 0 Å². The van der Waals surface area contributed by atoms with Crippen molar-refractivity contribution in [2.24, 2.45) is 7.05 Å². The smallest absolute Gasteiger partial charge is 0.343 e. The van der Waals surface area contributed by atoms with E-state index in [1.807, 2.05) is 0 Å². The Balaban J connectivity index is 1.79. The molecule has 8 nitrogen and oxygen atoms in total. The quantitative estimate of drug-likeness (QED) is 0.360. The Hall–Kier alpha value is -2.46. The van der Waals surface area contributed by atoms with E-state index in [0.717, 1.165) is 0 Å². The van der Waals surface area contributed by atoms with Crippen molar-refractivity contribution in [3.05, 3.63) is 62.6 Å². The van der Waals surface area contributed by atoms with Gasteiger partial charge in [0.2, 0.25) is 0 Å². The molecule has 2 aromatic heterocycles. The van der Waals surface area contributed by atoms with Crippen LogP contribution in [-0.4, -0.2) is 29.2 Å². The lowest BCUT2D eigenvalue weighted by Gasteiger charge is -2.06. The summed E-state index contributed by atoms with van der Waals surface area (Å²) < 4.78 is 17.0. The molecule has 0 aliphatic rings. The maximum atomic E-state index is 13.9. The number of aryl methyl sites for hydroxylation is 1. The molecule has 3 aromatic rings. The highest BCUT2D eigenvalue weighted by atomic mass is 35.5. The molecule has 3 rings (SSSR count). The molecule has 11 heteroatoms. The van der Waals surface area contributed by atoms with Gasteiger partial charge in [0.25, 0.3) is 0 Å². The number of nitro groups is 1. The molecular weight excluding hydrogens is 383 g/mol. The van der Waals surface area contributed by atoms with Gasteiger partial charge in [-0.3, -0.25) is 0 Å². The summed E-state index contributed by atoms with van der Waals surface area (Å²) in [5, 5.41) is 20.2. The summed E-state index contributed by atoms with van der Waals surface area (Å²) in [6.07, 6.45) is 1.21. The Morgan fingerprint density at radius 2 is 2.15 bits per heavy atom. The molecule has 0 spiro atoms. The lowest BCUT2D eigenvalue weighted by atomic mass is 10.2. The summed E-state index contributed by atoms with van der Waals surface area (Å²) in [6.45, 7) is 1.84. The van der Waals surface area contributed by atoms with Gasteiger partial charge in [0.05, 0.1) is 0 Å². The molecule has 0 atom stereocenters. The van der Waals surface area contributed by atoms with E-state index in [2.05, 4.69) is 15.2 Å². The summed E-state index contributed by atoms with van der Waals surface area (Å²) in [4.78, 5) is 14.6. The first-order valence-electron chi connectivity index (χ1n) is 7.49. The molecule has 0 fully saturated rings. The van der Waals surface area contributed by atoms with E-state index >= 15 is 0 Å². The number of hydrogen-bond donors (Lipinski definition) is 0. The highest BCUT2D eigenvalue weighted by Crippen LogP contribution is 2.28. The van der Waals surface area contributed by atoms with Crippen molar-refractivity contribution in [1.29, 1.82) is 0 Å². The van der Waals surface area contributed by atoms with Crippen LogP contribution in [0.3, 0.4) is 0 Å². The Kier molecular flexibility index (Phi) is 5.23. The molecule has 0 saturated carbocycles. The van der Waals surface area contributed by atoms with Crippen molar-refractivity contribution in [3.63, 3.8) is 0 Å². The Morgan fingerprint density at radius 3 is 2.85 bits per heavy atom. The third kappa shape index (κ3) is 3.56. The molecule has 0 unspecified atom stereocenters. The first-order chi connectivity index (χ1) is 12.4. The van der Waals surface area contributed by atoms with Gasteiger partial charge in [-0.1, -0.05) is 29.4 Å². The van der Waals surface area contributed by atoms with Crippen molar-refractivity contribution in [2.75, 3.05) is 0 Å². The maximum Gasteiger partial charge on any atom is 0.343 e. The fraction of sp³-hybridized carbons (Fsp3) is 0.267. The molecule has 0 radical (unpaired) electrons. The fourth-order valence-corrected chi connectivity index (χ4v) is 3.63. The summed E-state index contributed by atoms with van der Waals surface area (Å²) in [5.41, 5.74) is 0.393. The lowest BCUT2D eigenvalue weighted by Crippen LogP contribution is -2.10. The third-order valence-corrected chi connectivity index (χ3v) is 5.25. The SMILES string of the molecule is Cc1ncc([N+](=O)[O-])n1Cc1nnc(SCc2c(F)cccc2Cl)n1C. The highest BCUT2D eigenvalue weighted by Gasteiger charge is 2.21. The highest BCUT2D eigenvalue weighted by molar-refractivity contribution is 7.98. The first kappa shape index (κ1) is 18.3. The standard InChI is InChI=1S/C15H14ClFN6O2S/c1-9-18-6-14(23(24)25)22(9)7-13-19-20-15(21(13)2)26-8-10-11(16)4-3-5-12(10)17/h3-6H,7-8H2,1-2H3. The van der Waals surface area contributed by atoms with Crippen LogP contribution >= 0.6 is 23.4 Å². The zero-order valence-electron chi connectivity index (χ0n) is 13.9. The average molecular weight is 397 g/mol. The van der Waals surface area contributed by atoms with Gasteiger partial charge in [-0.15, -0.1) is 10.2 Å². The molecule has 2 heterocycles. The van der Waals surface area contributed by atoms with Gasteiger partial charge < -0.3 is 14.7 Å². The van der Waals surface area contributed by atoms with Crippen molar-refractivity contribution in [2.45, 2.75) is 24.4 Å². The van der Waals surface area contributed by atoms with E-state index < -0.39 is 4.92 Å². The van der Waals surface area contributed by atoms with Crippen LogP contribution in [0.2, 0.25) is 5.02 Å². The van der Waals surface area contributed by atoms with E-state index in [1.54, 1.807) is 30.7 Å². The molecule has 0 aliphatic heterocycles. The van der Waals surface area contributed by atoms with Gasteiger partial charge in [0.1, 0.15) is 12.0 Å². The van der Waals surface area contributed by atoms with E-state index in [9.17, 15) is 14.5 Å². The van der Waals surface area contributed by atoms with Crippen LogP contribution in [0.4, 0.5) is 10.2 Å². The summed E-state index contributed by atoms with van der Waals surface area (Å²) in [7, 11) is 1.75. The molecule has 0 aliphatic carbocycles. The second kappa shape index (κ2) is 7.42. The summed E-state index contributed by atoms with van der Waals surface area (Å²) in [5.74, 6) is 0.833. The normalized spacial score (nSPS) is 11.1. The molecule has 0 saturated heterocycles. The predicted molar refractivity (Wildman–Crippen MR) is 94.7 cm³/mol. The molecule has 0 amide bonds. The molecule has 136 valence electrons. The van der Waals surface area contributed by atoms with E-state index in [0.29, 0.717) is 33.1 Å². The van der Waals surface area contributed by atoms with Crippen molar-refractivity contribution < 1.29 is 9.31 Å². The Bertz CT molecular complexity index is 953. The molecule has 26 heavy (non-hydrogen) atoms. The van der Waals surface area contributed by atoms with Gasteiger partial charge in [-0.05, 0) is 17.1 Å². The minimum Gasteiger partial charge on any atom is -0.358 e.